The second-order valence-corrected chi connectivity index (χ2v) is 7.03. The summed E-state index contributed by atoms with van der Waals surface area (Å²) in [4.78, 5) is 24.2. The van der Waals surface area contributed by atoms with Gasteiger partial charge in [-0.2, -0.15) is 0 Å². The first-order valence-electron chi connectivity index (χ1n) is 8.75. The number of rotatable bonds is 10. The largest absolute Gasteiger partial charge is 1.00 e. The van der Waals surface area contributed by atoms with Crippen LogP contribution in [0.25, 0.3) is 0 Å². The number of halogens is 2. The van der Waals surface area contributed by atoms with Crippen molar-refractivity contribution < 1.29 is 52.8 Å². The fraction of sp³-hybridized carbons (Fsp3) is 0.875. The lowest BCUT2D eigenvalue weighted by atomic mass is 10.1. The molecule has 2 bridgehead atoms. The van der Waals surface area contributed by atoms with Gasteiger partial charge in [0.1, 0.15) is 39.3 Å². The van der Waals surface area contributed by atoms with Crippen LogP contribution in [0.2, 0.25) is 0 Å². The van der Waals surface area contributed by atoms with Crippen molar-refractivity contribution in [2.24, 2.45) is 0 Å². The van der Waals surface area contributed by atoms with E-state index in [-0.39, 0.29) is 36.6 Å². The molecule has 3 fully saturated rings. The normalized spacial score (nSPS) is 26.4. The Morgan fingerprint density at radius 2 is 1.04 bits per heavy atom. The number of amides is 2. The van der Waals surface area contributed by atoms with Gasteiger partial charge in [0.2, 0.25) is 0 Å². The maximum atomic E-state index is 12.1. The Balaban J connectivity index is 0.00000312. The van der Waals surface area contributed by atoms with Crippen LogP contribution < -0.4 is 35.4 Å². The van der Waals surface area contributed by atoms with Gasteiger partial charge >= 0.3 is 0 Å². The number of nitrogens with zero attached hydrogens (tertiary/aromatic N) is 2. The molecule has 3 aliphatic heterocycles. The van der Waals surface area contributed by atoms with Crippen LogP contribution in [0.3, 0.4) is 0 Å². The topological polar surface area (TPSA) is 76.7 Å². The van der Waals surface area contributed by atoms with Crippen molar-refractivity contribution in [3.05, 3.63) is 0 Å². The van der Waals surface area contributed by atoms with Gasteiger partial charge in [0.25, 0.3) is 11.8 Å². The summed E-state index contributed by atoms with van der Waals surface area (Å²) in [6.07, 6.45) is 0. The van der Waals surface area contributed by atoms with Gasteiger partial charge in [-0.05, 0) is 0 Å². The molecule has 26 heavy (non-hydrogen) atoms. The first kappa shape index (κ1) is 25.4. The van der Waals surface area contributed by atoms with Crippen LogP contribution in [0.15, 0.2) is 0 Å². The average Bonchev–Trinajstić information content (AvgIpc) is 2.57. The van der Waals surface area contributed by atoms with E-state index in [0.29, 0.717) is 39.4 Å². The summed E-state index contributed by atoms with van der Waals surface area (Å²) in [7, 11) is 3.26. The Morgan fingerprint density at radius 3 is 1.31 bits per heavy atom. The summed E-state index contributed by atoms with van der Waals surface area (Å²) < 4.78 is 11.6. The lowest BCUT2D eigenvalue weighted by Crippen LogP contribution is -3.00. The molecule has 2 amide bonds. The molecule has 0 aromatic heterocycles. The molecule has 154 valence electrons. The smallest absolute Gasteiger partial charge is 0.275 e. The molecule has 0 unspecified atom stereocenters. The molecular formula is C16H32Cl2N4O4. The van der Waals surface area contributed by atoms with Gasteiger partial charge in [0.15, 0.2) is 13.1 Å². The van der Waals surface area contributed by atoms with Crippen molar-refractivity contribution >= 4 is 11.8 Å². The van der Waals surface area contributed by atoms with Gasteiger partial charge < -0.3 is 53.9 Å². The summed E-state index contributed by atoms with van der Waals surface area (Å²) in [5, 5.41) is 5.83. The molecule has 3 aliphatic rings. The van der Waals surface area contributed by atoms with Crippen LogP contribution in [-0.4, -0.2) is 114 Å². The minimum absolute atomic E-state index is 0. The lowest BCUT2D eigenvalue weighted by Gasteiger charge is -2.54. The zero-order valence-electron chi connectivity index (χ0n) is 15.8. The van der Waals surface area contributed by atoms with E-state index in [0.717, 1.165) is 48.2 Å². The van der Waals surface area contributed by atoms with E-state index in [1.807, 2.05) is 0 Å². The highest BCUT2D eigenvalue weighted by Crippen LogP contribution is 2.26. The standard InChI is InChI=1S/C16H30N4O4.2ClH/c1-23-11-3-17-15(21)13-19-5-8-20(9-6-19,10-7-19)14-16(22)18-4-12-24-2;;/h3-14H2,1-2H3;2*1H. The Bertz CT molecular complexity index is 389. The van der Waals surface area contributed by atoms with E-state index in [1.165, 1.54) is 0 Å². The maximum Gasteiger partial charge on any atom is 0.275 e. The predicted molar refractivity (Wildman–Crippen MR) is 89.2 cm³/mol. The minimum Gasteiger partial charge on any atom is -1.00 e. The number of carbonyl (C=O) groups is 2. The van der Waals surface area contributed by atoms with Gasteiger partial charge in [-0.15, -0.1) is 0 Å². The lowest BCUT2D eigenvalue weighted by molar-refractivity contribution is -1.07. The number of methoxy groups -OCH3 is 2. The third kappa shape index (κ3) is 7.17. The number of fused-ring (bicyclic) bond motifs is 3. The Morgan fingerprint density at radius 1 is 0.731 bits per heavy atom. The first-order valence-corrected chi connectivity index (χ1v) is 8.75. The van der Waals surface area contributed by atoms with Gasteiger partial charge in [-0.1, -0.05) is 0 Å². The van der Waals surface area contributed by atoms with E-state index in [1.54, 1.807) is 14.2 Å². The van der Waals surface area contributed by atoms with Crippen LogP contribution in [0.1, 0.15) is 0 Å². The average molecular weight is 415 g/mol. The molecule has 10 heteroatoms. The van der Waals surface area contributed by atoms with Gasteiger partial charge in [-0.3, -0.25) is 9.59 Å². The van der Waals surface area contributed by atoms with E-state index in [2.05, 4.69) is 10.6 Å². The molecular weight excluding hydrogens is 383 g/mol. The molecule has 0 spiro atoms. The summed E-state index contributed by atoms with van der Waals surface area (Å²) in [5.74, 6) is 0.206. The number of piperazine rings is 3. The summed E-state index contributed by atoms with van der Waals surface area (Å²) >= 11 is 0. The van der Waals surface area contributed by atoms with Crippen LogP contribution in [-0.2, 0) is 19.1 Å². The van der Waals surface area contributed by atoms with E-state index in [9.17, 15) is 9.59 Å². The molecule has 0 radical (unpaired) electrons. The second kappa shape index (κ2) is 11.9. The number of nitrogens with one attached hydrogen (secondary N) is 2. The fourth-order valence-corrected chi connectivity index (χ4v) is 3.72. The van der Waals surface area contributed by atoms with Crippen LogP contribution >= 0.6 is 0 Å². The predicted octanol–water partition coefficient (Wildman–Crippen LogP) is -7.82. The highest BCUT2D eigenvalue weighted by molar-refractivity contribution is 5.77. The fourth-order valence-electron chi connectivity index (χ4n) is 3.72. The first-order chi connectivity index (χ1) is 11.5. The number of ether oxygens (including phenoxy) is 2. The molecule has 3 rings (SSSR count). The van der Waals surface area contributed by atoms with Crippen molar-refractivity contribution in [1.82, 2.24) is 10.6 Å². The van der Waals surface area contributed by atoms with Gasteiger partial charge in [0.05, 0.1) is 13.2 Å². The van der Waals surface area contributed by atoms with Crippen LogP contribution in [0.5, 0.6) is 0 Å². The summed E-state index contributed by atoms with van der Waals surface area (Å²) in [5.41, 5.74) is 0. The third-order valence-corrected chi connectivity index (χ3v) is 5.36. The second-order valence-electron chi connectivity index (χ2n) is 7.03. The zero-order valence-corrected chi connectivity index (χ0v) is 17.3. The Hall–Kier alpha value is -0.640. The van der Waals surface area contributed by atoms with E-state index in [4.69, 9.17) is 9.47 Å². The highest BCUT2D eigenvalue weighted by atomic mass is 35.5. The van der Waals surface area contributed by atoms with Crippen molar-refractivity contribution in [1.29, 1.82) is 0 Å². The molecule has 0 aromatic carbocycles. The van der Waals surface area contributed by atoms with Gasteiger partial charge in [0, 0.05) is 27.3 Å². The third-order valence-electron chi connectivity index (χ3n) is 5.36. The van der Waals surface area contributed by atoms with Crippen molar-refractivity contribution in [3.8, 4) is 0 Å². The summed E-state index contributed by atoms with van der Waals surface area (Å²) in [6.45, 7) is 9.17. The molecule has 0 saturated carbocycles. The van der Waals surface area contributed by atoms with E-state index >= 15 is 0 Å². The molecule has 0 aromatic rings. The van der Waals surface area contributed by atoms with Gasteiger partial charge in [-0.25, -0.2) is 0 Å². The molecule has 3 saturated heterocycles. The van der Waals surface area contributed by atoms with E-state index < -0.39 is 0 Å². The number of hydrogen-bond acceptors (Lipinski definition) is 4. The quantitative estimate of drug-likeness (QED) is 0.275. The number of quaternary nitrogens is 2. The van der Waals surface area contributed by atoms with Crippen molar-refractivity contribution in [2.75, 3.05) is 92.9 Å². The van der Waals surface area contributed by atoms with Crippen LogP contribution in [0, 0.1) is 0 Å². The maximum absolute atomic E-state index is 12.1. The zero-order chi connectivity index (χ0) is 17.5. The Kier molecular flexibility index (Phi) is 11.7. The van der Waals surface area contributed by atoms with Crippen LogP contribution in [0.4, 0.5) is 0 Å². The highest BCUT2D eigenvalue weighted by Gasteiger charge is 2.50. The van der Waals surface area contributed by atoms with Crippen molar-refractivity contribution in [2.45, 2.75) is 0 Å². The number of hydrogen-bond donors (Lipinski definition) is 2. The molecule has 2 N–H and O–H groups in total. The SMILES string of the molecule is COCCNC(=O)C[N+]12CC[N+](CC(=O)NCCOC)(CC1)CC2.[Cl-].[Cl-]. The summed E-state index contributed by atoms with van der Waals surface area (Å²) in [6, 6.07) is 0. The monoisotopic (exact) mass is 414 g/mol. The molecule has 8 nitrogen and oxygen atoms in total. The number of carbonyl (C=O) groups excluding carboxylic acids is 2. The van der Waals surface area contributed by atoms with Crippen molar-refractivity contribution in [3.63, 3.8) is 0 Å². The molecule has 3 heterocycles. The molecule has 0 aliphatic carbocycles. The Labute approximate surface area is 168 Å². The molecule has 0 atom stereocenters. The minimum atomic E-state index is 0.